The van der Waals surface area contributed by atoms with E-state index in [2.05, 4.69) is 4.98 Å². The van der Waals surface area contributed by atoms with Crippen molar-refractivity contribution >= 4 is 40.2 Å². The van der Waals surface area contributed by atoms with Gasteiger partial charge in [0, 0.05) is 65.7 Å². The van der Waals surface area contributed by atoms with Gasteiger partial charge in [-0.3, -0.25) is 14.2 Å². The molecule has 41 heavy (non-hydrogen) atoms. The minimum absolute atomic E-state index is 0.0177. The highest BCUT2D eigenvalue weighted by Crippen LogP contribution is 2.49. The summed E-state index contributed by atoms with van der Waals surface area (Å²) >= 11 is 1.07. The first-order valence-corrected chi connectivity index (χ1v) is 13.9. The molecular formula is C28H23F5N4O3S. The van der Waals surface area contributed by atoms with Crippen LogP contribution in [0, 0.1) is 11.6 Å². The Morgan fingerprint density at radius 1 is 1.10 bits per heavy atom. The molecule has 3 aliphatic rings. The molecule has 4 heterocycles. The monoisotopic (exact) mass is 590 g/mol. The van der Waals surface area contributed by atoms with Crippen LogP contribution in [0.15, 0.2) is 46.1 Å². The van der Waals surface area contributed by atoms with E-state index in [0.29, 0.717) is 6.07 Å². The smallest absolute Gasteiger partial charge is 0.352 e. The maximum Gasteiger partial charge on any atom is 0.417 e. The molecule has 13 heteroatoms. The zero-order valence-corrected chi connectivity index (χ0v) is 22.5. The lowest BCUT2D eigenvalue weighted by Gasteiger charge is -2.49. The Morgan fingerprint density at radius 3 is 2.44 bits per heavy atom. The molecule has 7 nitrogen and oxygen atoms in total. The van der Waals surface area contributed by atoms with E-state index in [9.17, 15) is 36.3 Å². The number of carbonyl (C=O) groups is 2. The highest BCUT2D eigenvalue weighted by molar-refractivity contribution is 7.99. The van der Waals surface area contributed by atoms with Gasteiger partial charge in [0.25, 0.3) is 0 Å². The Labute approximate surface area is 234 Å². The van der Waals surface area contributed by atoms with E-state index in [1.165, 1.54) is 10.6 Å². The molecule has 214 valence electrons. The van der Waals surface area contributed by atoms with Crippen molar-refractivity contribution in [2.24, 2.45) is 0 Å². The van der Waals surface area contributed by atoms with Crippen molar-refractivity contribution < 1.29 is 31.5 Å². The van der Waals surface area contributed by atoms with Crippen molar-refractivity contribution in [1.29, 1.82) is 0 Å². The molecule has 0 radical (unpaired) electrons. The highest BCUT2D eigenvalue weighted by Gasteiger charge is 2.44. The molecule has 2 saturated heterocycles. The van der Waals surface area contributed by atoms with Gasteiger partial charge >= 0.3 is 11.9 Å². The first-order valence-electron chi connectivity index (χ1n) is 13.0. The third-order valence-corrected chi connectivity index (χ3v) is 8.78. The van der Waals surface area contributed by atoms with Crippen LogP contribution in [-0.2, 0) is 22.3 Å². The van der Waals surface area contributed by atoms with Crippen LogP contribution < -0.4 is 10.6 Å². The summed E-state index contributed by atoms with van der Waals surface area (Å²) in [6, 6.07) is 2.17. The van der Waals surface area contributed by atoms with E-state index < -0.39 is 52.3 Å². The van der Waals surface area contributed by atoms with Crippen molar-refractivity contribution in [3.63, 3.8) is 0 Å². The van der Waals surface area contributed by atoms with Gasteiger partial charge in [-0.05, 0) is 31.2 Å². The number of anilines is 1. The largest absolute Gasteiger partial charge is 0.417 e. The average Bonchev–Trinajstić information content (AvgIpc) is 2.89. The number of nitrogens with zero attached hydrogens (tertiary/aromatic N) is 4. The molecule has 2 unspecified atom stereocenters. The van der Waals surface area contributed by atoms with Crippen molar-refractivity contribution in [2.45, 2.75) is 49.5 Å². The summed E-state index contributed by atoms with van der Waals surface area (Å²) in [4.78, 5) is 46.0. The number of fused-ring (bicyclic) bond motifs is 2. The van der Waals surface area contributed by atoms with Crippen LogP contribution in [0.4, 0.5) is 27.8 Å². The molecule has 3 aliphatic heterocycles. The van der Waals surface area contributed by atoms with Gasteiger partial charge in [0.15, 0.2) is 0 Å². The number of carbonyl (C=O) groups excluding carboxylic acids is 2. The van der Waals surface area contributed by atoms with Gasteiger partial charge in [-0.2, -0.15) is 18.2 Å². The summed E-state index contributed by atoms with van der Waals surface area (Å²) in [5, 5.41) is 0.0584. The van der Waals surface area contributed by atoms with Crippen LogP contribution in [0.2, 0.25) is 0 Å². The average molecular weight is 591 g/mol. The molecule has 0 aliphatic carbocycles. The Morgan fingerprint density at radius 2 is 1.80 bits per heavy atom. The van der Waals surface area contributed by atoms with Crippen LogP contribution in [0.3, 0.4) is 0 Å². The number of hydrogen-bond donors (Lipinski definition) is 0. The summed E-state index contributed by atoms with van der Waals surface area (Å²) in [7, 11) is 0. The van der Waals surface area contributed by atoms with Gasteiger partial charge in [-0.25, -0.2) is 13.6 Å². The second kappa shape index (κ2) is 9.97. The highest BCUT2D eigenvalue weighted by atomic mass is 32.2. The quantitative estimate of drug-likeness (QED) is 0.323. The first-order chi connectivity index (χ1) is 19.5. The van der Waals surface area contributed by atoms with Gasteiger partial charge in [0.1, 0.15) is 23.2 Å². The molecular weight excluding hydrogens is 567 g/mol. The minimum Gasteiger partial charge on any atom is -0.352 e. The molecule has 2 fully saturated rings. The van der Waals surface area contributed by atoms with E-state index in [1.54, 1.807) is 22.8 Å². The van der Waals surface area contributed by atoms with Gasteiger partial charge in [-0.15, -0.1) is 11.8 Å². The number of halogens is 5. The number of benzene rings is 2. The lowest BCUT2D eigenvalue weighted by molar-refractivity contribution is -0.139. The second-order valence-electron chi connectivity index (χ2n) is 10.3. The van der Waals surface area contributed by atoms with Crippen LogP contribution in [-0.4, -0.2) is 57.1 Å². The topological polar surface area (TPSA) is 75.5 Å². The lowest BCUT2D eigenvalue weighted by atomic mass is 9.89. The summed E-state index contributed by atoms with van der Waals surface area (Å²) in [6.07, 6.45) is -1.76. The first kappa shape index (κ1) is 27.4. The van der Waals surface area contributed by atoms with Crippen LogP contribution >= 0.6 is 11.8 Å². The molecule has 2 bridgehead atoms. The number of allylic oxidation sites excluding steroid dienone is 1. The molecule has 0 spiro atoms. The van der Waals surface area contributed by atoms with E-state index in [0.717, 1.165) is 30.0 Å². The van der Waals surface area contributed by atoms with E-state index >= 15 is 0 Å². The number of piperazine rings is 1. The molecule has 6 rings (SSSR count). The Hall–Kier alpha value is -3.74. The second-order valence-corrected chi connectivity index (χ2v) is 11.4. The van der Waals surface area contributed by atoms with Crippen LogP contribution in [0.25, 0.3) is 22.0 Å². The number of alkyl halides is 3. The minimum atomic E-state index is -4.92. The summed E-state index contributed by atoms with van der Waals surface area (Å²) in [5.74, 6) is -2.10. The fourth-order valence-corrected chi connectivity index (χ4v) is 7.36. The fourth-order valence-electron chi connectivity index (χ4n) is 6.16. The standard InChI is InChI=1S/C28H23F5N4O3S/c1-2-3-22(39)37-15-9-17(38)10-16(37)13-35(12-15)26-19-11-20(28(31,32)33)23(18-5-4-14(29)8-21(18)30)25-24(19)36(6-7-41-25)27(40)34-26/h2-5,8,11,15-16H,6-7,9-10,12-13H2,1H3/b3-2+. The Kier molecular flexibility index (Phi) is 6.67. The summed E-state index contributed by atoms with van der Waals surface area (Å²) < 4.78 is 73.7. The van der Waals surface area contributed by atoms with Gasteiger partial charge < -0.3 is 9.80 Å². The predicted molar refractivity (Wildman–Crippen MR) is 143 cm³/mol. The van der Waals surface area contributed by atoms with Gasteiger partial charge in [0.05, 0.1) is 23.2 Å². The number of hydrogen-bond acceptors (Lipinski definition) is 6. The third-order valence-electron chi connectivity index (χ3n) is 7.70. The number of aromatic nitrogens is 2. The number of Topliss-reactive ketones (excluding diaryl/α,β-unsaturated/α-hetero) is 1. The zero-order valence-electron chi connectivity index (χ0n) is 21.7. The summed E-state index contributed by atoms with van der Waals surface area (Å²) in [5.41, 5.74) is -2.50. The molecule has 0 saturated carbocycles. The van der Waals surface area contributed by atoms with E-state index in [4.69, 9.17) is 0 Å². The SMILES string of the molecule is C/C=C/C(=O)N1C2CC(=O)CC1CN(c1nc(=O)n3c4c(c(-c5ccc(F)cc5F)c(C(F)(F)F)cc14)SCC3)C2. The maximum absolute atomic E-state index is 14.9. The molecule has 2 atom stereocenters. The van der Waals surface area contributed by atoms with E-state index in [-0.39, 0.29) is 71.5 Å². The van der Waals surface area contributed by atoms with Crippen molar-refractivity contribution in [3.8, 4) is 11.1 Å². The number of amides is 1. The number of rotatable bonds is 3. The Balaban J connectivity index is 1.58. The van der Waals surface area contributed by atoms with Crippen LogP contribution in [0.5, 0.6) is 0 Å². The molecule has 0 N–H and O–H groups in total. The number of piperidine rings is 1. The molecule has 2 aromatic carbocycles. The number of aryl methyl sites for hydroxylation is 1. The summed E-state index contributed by atoms with van der Waals surface area (Å²) in [6.45, 7) is 2.07. The normalized spacial score (nSPS) is 20.8. The number of ketones is 1. The third kappa shape index (κ3) is 4.59. The van der Waals surface area contributed by atoms with Crippen LogP contribution in [0.1, 0.15) is 25.3 Å². The van der Waals surface area contributed by atoms with Gasteiger partial charge in [-0.1, -0.05) is 6.08 Å². The van der Waals surface area contributed by atoms with Crippen molar-refractivity contribution in [1.82, 2.24) is 14.5 Å². The van der Waals surface area contributed by atoms with Crippen molar-refractivity contribution in [3.05, 3.63) is 64.1 Å². The molecule has 3 aromatic rings. The lowest BCUT2D eigenvalue weighted by Crippen LogP contribution is -2.64. The fraction of sp³-hybridized carbons (Fsp3) is 0.357. The maximum atomic E-state index is 14.9. The zero-order chi connectivity index (χ0) is 29.2. The van der Waals surface area contributed by atoms with Crippen molar-refractivity contribution in [2.75, 3.05) is 23.7 Å². The predicted octanol–water partition coefficient (Wildman–Crippen LogP) is 4.79. The molecule has 1 amide bonds. The Bertz CT molecular complexity index is 1680. The van der Waals surface area contributed by atoms with E-state index in [1.807, 2.05) is 0 Å². The van der Waals surface area contributed by atoms with Gasteiger partial charge in [0.2, 0.25) is 5.91 Å². The number of thioether (sulfide) groups is 1. The molecule has 1 aromatic heterocycles.